The summed E-state index contributed by atoms with van der Waals surface area (Å²) in [4.78, 5) is 10.5. The fourth-order valence-electron chi connectivity index (χ4n) is 0.945. The van der Waals surface area contributed by atoms with Crippen molar-refractivity contribution in [2.75, 3.05) is 7.11 Å². The molecule has 5 heteroatoms. The minimum atomic E-state index is -1.04. The molecule has 0 aliphatic carbocycles. The van der Waals surface area contributed by atoms with Gasteiger partial charge in [0.05, 0.1) is 12.1 Å². The van der Waals surface area contributed by atoms with E-state index in [4.69, 9.17) is 26.2 Å². The van der Waals surface area contributed by atoms with Gasteiger partial charge in [-0.2, -0.15) is 0 Å². The van der Waals surface area contributed by atoms with Crippen molar-refractivity contribution < 1.29 is 19.4 Å². The summed E-state index contributed by atoms with van der Waals surface area (Å²) < 4.78 is 10.1. The van der Waals surface area contributed by atoms with Gasteiger partial charge in [-0.25, -0.2) is 4.79 Å². The molecule has 1 rings (SSSR count). The molecule has 0 unspecified atom stereocenters. The maximum atomic E-state index is 10.5. The van der Waals surface area contributed by atoms with Gasteiger partial charge in [0.2, 0.25) is 0 Å². The van der Waals surface area contributed by atoms with Gasteiger partial charge in [-0.15, -0.1) is 0 Å². The molecule has 1 atom stereocenters. The minimum absolute atomic E-state index is 0.322. The Bertz CT molecular complexity index is 364. The normalized spacial score (nSPS) is 11.9. The molecule has 0 aliphatic heterocycles. The van der Waals surface area contributed by atoms with Crippen LogP contribution in [0.15, 0.2) is 18.2 Å². The summed E-state index contributed by atoms with van der Waals surface area (Å²) in [6, 6.07) is 4.78. The highest BCUT2D eigenvalue weighted by Gasteiger charge is 2.14. The average Bonchev–Trinajstić information content (AvgIpc) is 2.20. The number of aliphatic carboxylic acids is 1. The molecule has 0 saturated carbocycles. The highest BCUT2D eigenvalue weighted by Crippen LogP contribution is 2.29. The van der Waals surface area contributed by atoms with Crippen LogP contribution in [0.3, 0.4) is 0 Å². The predicted molar refractivity (Wildman–Crippen MR) is 55.7 cm³/mol. The number of carboxylic acids is 1. The van der Waals surface area contributed by atoms with E-state index in [0.29, 0.717) is 16.5 Å². The van der Waals surface area contributed by atoms with E-state index in [2.05, 4.69) is 0 Å². The van der Waals surface area contributed by atoms with Crippen molar-refractivity contribution in [3.8, 4) is 11.5 Å². The molecule has 15 heavy (non-hydrogen) atoms. The molecule has 1 aromatic rings. The van der Waals surface area contributed by atoms with Gasteiger partial charge in [0.1, 0.15) is 11.5 Å². The summed E-state index contributed by atoms with van der Waals surface area (Å²) in [5, 5.41) is 8.96. The lowest BCUT2D eigenvalue weighted by Gasteiger charge is -2.12. The molecule has 0 heterocycles. The van der Waals surface area contributed by atoms with Crippen molar-refractivity contribution in [1.82, 2.24) is 0 Å². The van der Waals surface area contributed by atoms with Crippen LogP contribution in [0.1, 0.15) is 6.92 Å². The maximum Gasteiger partial charge on any atom is 0.344 e. The highest BCUT2D eigenvalue weighted by atomic mass is 35.5. The molecule has 0 fully saturated rings. The van der Waals surface area contributed by atoms with Crippen LogP contribution in [-0.4, -0.2) is 24.3 Å². The van der Waals surface area contributed by atoms with Crippen LogP contribution >= 0.6 is 11.6 Å². The van der Waals surface area contributed by atoms with E-state index in [1.165, 1.54) is 14.0 Å². The molecule has 0 bridgehead atoms. The lowest BCUT2D eigenvalue weighted by molar-refractivity contribution is -0.144. The molecular weight excluding hydrogens is 220 g/mol. The van der Waals surface area contributed by atoms with E-state index in [1.807, 2.05) is 0 Å². The maximum absolute atomic E-state index is 10.5. The second-order valence-corrected chi connectivity index (χ2v) is 3.30. The molecule has 1 aromatic carbocycles. The Morgan fingerprint density at radius 1 is 1.53 bits per heavy atom. The highest BCUT2D eigenvalue weighted by molar-refractivity contribution is 6.32. The third-order valence-corrected chi connectivity index (χ3v) is 2.09. The summed E-state index contributed by atoms with van der Waals surface area (Å²) in [5.74, 6) is -0.121. The minimum Gasteiger partial charge on any atom is -0.497 e. The Hall–Kier alpha value is -1.42. The number of rotatable bonds is 4. The van der Waals surface area contributed by atoms with Crippen LogP contribution in [0.5, 0.6) is 11.5 Å². The van der Waals surface area contributed by atoms with Crippen molar-refractivity contribution in [2.45, 2.75) is 13.0 Å². The first-order valence-electron chi connectivity index (χ1n) is 4.27. The van der Waals surface area contributed by atoms with Gasteiger partial charge in [0.25, 0.3) is 0 Å². The first kappa shape index (κ1) is 11.7. The van der Waals surface area contributed by atoms with Crippen molar-refractivity contribution in [3.63, 3.8) is 0 Å². The van der Waals surface area contributed by atoms with Crippen molar-refractivity contribution in [3.05, 3.63) is 23.2 Å². The number of hydrogen-bond donors (Lipinski definition) is 1. The Morgan fingerprint density at radius 3 is 2.67 bits per heavy atom. The molecule has 0 saturated heterocycles. The lowest BCUT2D eigenvalue weighted by Crippen LogP contribution is -2.22. The lowest BCUT2D eigenvalue weighted by atomic mass is 10.3. The number of carboxylic acid groups (broad SMARTS) is 1. The first-order chi connectivity index (χ1) is 7.04. The second-order valence-electron chi connectivity index (χ2n) is 2.89. The van der Waals surface area contributed by atoms with E-state index < -0.39 is 12.1 Å². The monoisotopic (exact) mass is 230 g/mol. The Balaban J connectivity index is 2.82. The predicted octanol–water partition coefficient (Wildman–Crippen LogP) is 2.20. The van der Waals surface area contributed by atoms with E-state index >= 15 is 0 Å². The zero-order valence-electron chi connectivity index (χ0n) is 8.36. The number of benzene rings is 1. The van der Waals surface area contributed by atoms with Gasteiger partial charge in [0, 0.05) is 6.07 Å². The largest absolute Gasteiger partial charge is 0.497 e. The van der Waals surface area contributed by atoms with Crippen LogP contribution in [-0.2, 0) is 4.79 Å². The smallest absolute Gasteiger partial charge is 0.344 e. The number of methoxy groups -OCH3 is 1. The van der Waals surface area contributed by atoms with Crippen LogP contribution < -0.4 is 9.47 Å². The number of hydrogen-bond acceptors (Lipinski definition) is 3. The zero-order valence-corrected chi connectivity index (χ0v) is 9.12. The third-order valence-electron chi connectivity index (χ3n) is 1.79. The van der Waals surface area contributed by atoms with E-state index in [-0.39, 0.29) is 0 Å². The van der Waals surface area contributed by atoms with Crippen LogP contribution in [0, 0.1) is 0 Å². The summed E-state index contributed by atoms with van der Waals surface area (Å²) >= 11 is 5.86. The van der Waals surface area contributed by atoms with Crippen molar-refractivity contribution in [2.24, 2.45) is 0 Å². The summed E-state index contributed by atoms with van der Waals surface area (Å²) in [7, 11) is 1.52. The molecule has 1 N–H and O–H groups in total. The van der Waals surface area contributed by atoms with Crippen molar-refractivity contribution >= 4 is 17.6 Å². The Kier molecular flexibility index (Phi) is 3.80. The van der Waals surface area contributed by atoms with E-state index in [1.54, 1.807) is 18.2 Å². The van der Waals surface area contributed by atoms with Crippen LogP contribution in [0.2, 0.25) is 5.02 Å². The molecular formula is C10H11ClO4. The van der Waals surface area contributed by atoms with Gasteiger partial charge in [-0.1, -0.05) is 11.6 Å². The van der Waals surface area contributed by atoms with Crippen LogP contribution in [0.4, 0.5) is 0 Å². The Labute approximate surface area is 92.4 Å². The zero-order chi connectivity index (χ0) is 11.4. The fraction of sp³-hybridized carbons (Fsp3) is 0.300. The summed E-state index contributed by atoms with van der Waals surface area (Å²) in [5.41, 5.74) is 0. The molecule has 0 aromatic heterocycles. The quantitative estimate of drug-likeness (QED) is 0.862. The van der Waals surface area contributed by atoms with Gasteiger partial charge in [0.15, 0.2) is 6.10 Å². The second kappa shape index (κ2) is 4.89. The molecule has 0 spiro atoms. The molecule has 0 aliphatic rings. The molecule has 0 radical (unpaired) electrons. The number of carbonyl (C=O) groups is 1. The SMILES string of the molecule is COc1ccc(O[C@@H](C)C(=O)O)c(Cl)c1. The number of ether oxygens (including phenoxy) is 2. The van der Waals surface area contributed by atoms with Gasteiger partial charge >= 0.3 is 5.97 Å². The average molecular weight is 231 g/mol. The molecule has 4 nitrogen and oxygen atoms in total. The molecule has 82 valence electrons. The van der Waals surface area contributed by atoms with Gasteiger partial charge in [-0.05, 0) is 19.1 Å². The van der Waals surface area contributed by atoms with Gasteiger partial charge in [-0.3, -0.25) is 0 Å². The van der Waals surface area contributed by atoms with Crippen molar-refractivity contribution in [1.29, 1.82) is 0 Å². The van der Waals surface area contributed by atoms with E-state index in [0.717, 1.165) is 0 Å². The first-order valence-corrected chi connectivity index (χ1v) is 4.65. The topological polar surface area (TPSA) is 55.8 Å². The van der Waals surface area contributed by atoms with Gasteiger partial charge < -0.3 is 14.6 Å². The van der Waals surface area contributed by atoms with E-state index in [9.17, 15) is 4.79 Å². The fourth-order valence-corrected chi connectivity index (χ4v) is 1.16. The summed E-state index contributed by atoms with van der Waals surface area (Å²) in [6.45, 7) is 1.43. The standard InChI is InChI=1S/C10H11ClO4/c1-6(10(12)13)15-9-4-3-7(14-2)5-8(9)11/h3-6H,1-2H3,(H,12,13)/t6-/m0/s1. The van der Waals surface area contributed by atoms with Crippen LogP contribution in [0.25, 0.3) is 0 Å². The summed E-state index contributed by atoms with van der Waals surface area (Å²) in [6.07, 6.45) is -0.934. The third kappa shape index (κ3) is 3.02. The Morgan fingerprint density at radius 2 is 2.20 bits per heavy atom. The molecule has 0 amide bonds. The number of halogens is 1.